The van der Waals surface area contributed by atoms with E-state index in [0.29, 0.717) is 12.0 Å². The lowest BCUT2D eigenvalue weighted by Gasteiger charge is -2.35. The number of hydrogen-bond acceptors (Lipinski definition) is 3. The Kier molecular flexibility index (Phi) is 4.41. The van der Waals surface area contributed by atoms with Gasteiger partial charge in [-0.15, -0.1) is 0 Å². The summed E-state index contributed by atoms with van der Waals surface area (Å²) in [5, 5.41) is 14.7. The molecule has 1 saturated heterocycles. The summed E-state index contributed by atoms with van der Waals surface area (Å²) in [6.07, 6.45) is 9.29. The second-order valence-corrected chi connectivity index (χ2v) is 6.48. The number of piperidine rings is 1. The fraction of sp³-hybridized carbons (Fsp3) is 0.812. The first-order chi connectivity index (χ1) is 9.76. The molecule has 2 aliphatic rings. The predicted molar refractivity (Wildman–Crippen MR) is 79.4 cm³/mol. The maximum atomic E-state index is 9.95. The molecule has 0 aromatic carbocycles. The van der Waals surface area contributed by atoms with Gasteiger partial charge in [0.05, 0.1) is 17.8 Å². The highest BCUT2D eigenvalue weighted by Crippen LogP contribution is 2.29. The first-order valence-corrected chi connectivity index (χ1v) is 8.20. The number of likely N-dealkylation sites (tertiary alicyclic amines) is 1. The summed E-state index contributed by atoms with van der Waals surface area (Å²) in [4.78, 5) is 2.45. The maximum absolute atomic E-state index is 9.95. The Morgan fingerprint density at radius 2 is 2.10 bits per heavy atom. The summed E-state index contributed by atoms with van der Waals surface area (Å²) in [6, 6.07) is 2.81. The van der Waals surface area contributed by atoms with Crippen LogP contribution in [0.25, 0.3) is 0 Å². The van der Waals surface area contributed by atoms with E-state index in [4.69, 9.17) is 5.10 Å². The van der Waals surface area contributed by atoms with Gasteiger partial charge in [0.1, 0.15) is 0 Å². The van der Waals surface area contributed by atoms with Crippen molar-refractivity contribution in [3.63, 3.8) is 0 Å². The number of nitrogens with zero attached hydrogens (tertiary/aromatic N) is 3. The van der Waals surface area contributed by atoms with E-state index in [2.05, 4.69) is 28.8 Å². The first kappa shape index (κ1) is 14.1. The quantitative estimate of drug-likeness (QED) is 0.919. The van der Waals surface area contributed by atoms with Crippen LogP contribution in [-0.4, -0.2) is 39.0 Å². The van der Waals surface area contributed by atoms with Gasteiger partial charge in [0.25, 0.3) is 0 Å². The molecular formula is C16H27N3O. The van der Waals surface area contributed by atoms with Crippen molar-refractivity contribution in [2.75, 3.05) is 13.1 Å². The Morgan fingerprint density at radius 1 is 1.30 bits per heavy atom. The van der Waals surface area contributed by atoms with Gasteiger partial charge in [-0.2, -0.15) is 5.10 Å². The second kappa shape index (κ2) is 6.27. The molecule has 2 unspecified atom stereocenters. The van der Waals surface area contributed by atoms with Crippen LogP contribution in [0, 0.1) is 5.92 Å². The molecule has 1 saturated carbocycles. The lowest BCUT2D eigenvalue weighted by Crippen LogP contribution is -2.42. The normalized spacial score (nSPS) is 29.1. The third kappa shape index (κ3) is 3.07. The topological polar surface area (TPSA) is 41.3 Å². The first-order valence-electron chi connectivity index (χ1n) is 8.20. The molecule has 1 aliphatic heterocycles. The van der Waals surface area contributed by atoms with Crippen LogP contribution in [0.3, 0.4) is 0 Å². The molecule has 1 aromatic heterocycles. The molecule has 0 spiro atoms. The highest BCUT2D eigenvalue weighted by atomic mass is 16.3. The zero-order chi connectivity index (χ0) is 13.9. The smallest absolute Gasteiger partial charge is 0.0764 e. The molecule has 4 nitrogen and oxygen atoms in total. The molecule has 1 N–H and O–H groups in total. The van der Waals surface area contributed by atoms with Crippen LogP contribution in [0.1, 0.15) is 57.2 Å². The Balaban J connectivity index is 1.57. The van der Waals surface area contributed by atoms with Gasteiger partial charge in [0, 0.05) is 25.8 Å². The third-order valence-corrected chi connectivity index (χ3v) is 5.05. The van der Waals surface area contributed by atoms with E-state index in [1.165, 1.54) is 31.4 Å². The maximum Gasteiger partial charge on any atom is 0.0764 e. The van der Waals surface area contributed by atoms with Gasteiger partial charge in [-0.25, -0.2) is 0 Å². The van der Waals surface area contributed by atoms with Crippen molar-refractivity contribution in [2.24, 2.45) is 5.92 Å². The summed E-state index contributed by atoms with van der Waals surface area (Å²) < 4.78 is 2.18. The minimum Gasteiger partial charge on any atom is -0.393 e. The number of hydrogen-bond donors (Lipinski definition) is 1. The van der Waals surface area contributed by atoms with Gasteiger partial charge >= 0.3 is 0 Å². The van der Waals surface area contributed by atoms with Crippen molar-refractivity contribution >= 4 is 0 Å². The van der Waals surface area contributed by atoms with Crippen molar-refractivity contribution < 1.29 is 5.11 Å². The molecule has 3 rings (SSSR count). The molecule has 2 heterocycles. The van der Waals surface area contributed by atoms with Crippen LogP contribution in [0.5, 0.6) is 0 Å². The van der Waals surface area contributed by atoms with Crippen molar-refractivity contribution in [3.8, 4) is 0 Å². The van der Waals surface area contributed by atoms with Crippen molar-refractivity contribution in [2.45, 2.75) is 64.1 Å². The van der Waals surface area contributed by atoms with Gasteiger partial charge in [0.15, 0.2) is 0 Å². The zero-order valence-electron chi connectivity index (χ0n) is 12.5. The van der Waals surface area contributed by atoms with Crippen LogP contribution in [0.4, 0.5) is 0 Å². The van der Waals surface area contributed by atoms with Gasteiger partial charge in [-0.05, 0) is 37.7 Å². The van der Waals surface area contributed by atoms with Crippen molar-refractivity contribution in [3.05, 3.63) is 18.0 Å². The van der Waals surface area contributed by atoms with Gasteiger partial charge < -0.3 is 5.11 Å². The molecule has 4 heteroatoms. The molecule has 0 amide bonds. The van der Waals surface area contributed by atoms with E-state index in [1.54, 1.807) is 0 Å². The average molecular weight is 277 g/mol. The fourth-order valence-electron chi connectivity index (χ4n) is 3.70. The highest BCUT2D eigenvalue weighted by molar-refractivity contribution is 5.01. The largest absolute Gasteiger partial charge is 0.393 e. The van der Waals surface area contributed by atoms with Crippen LogP contribution < -0.4 is 0 Å². The standard InChI is InChI=1S/C16H27N3O/c1-2-13-11-18(9-8-16(13)20)12-14-7-10-19(17-14)15-5-3-4-6-15/h7,10,13,15-16,20H,2-6,8-9,11-12H2,1H3. The number of aliphatic hydroxyl groups excluding tert-OH is 1. The van der Waals surface area contributed by atoms with Gasteiger partial charge in [-0.1, -0.05) is 19.8 Å². The molecule has 0 radical (unpaired) electrons. The van der Waals surface area contributed by atoms with Crippen LogP contribution >= 0.6 is 0 Å². The molecule has 1 aliphatic carbocycles. The minimum atomic E-state index is -0.104. The summed E-state index contributed by atoms with van der Waals surface area (Å²) >= 11 is 0. The van der Waals surface area contributed by atoms with E-state index in [-0.39, 0.29) is 6.10 Å². The zero-order valence-corrected chi connectivity index (χ0v) is 12.5. The highest BCUT2D eigenvalue weighted by Gasteiger charge is 2.26. The number of aromatic nitrogens is 2. The predicted octanol–water partition coefficient (Wildman–Crippen LogP) is 2.59. The van der Waals surface area contributed by atoms with Crippen LogP contribution in [-0.2, 0) is 6.54 Å². The van der Waals surface area contributed by atoms with Crippen LogP contribution in [0.2, 0.25) is 0 Å². The Morgan fingerprint density at radius 3 is 2.85 bits per heavy atom. The Hall–Kier alpha value is -0.870. The van der Waals surface area contributed by atoms with Crippen LogP contribution in [0.15, 0.2) is 12.3 Å². The second-order valence-electron chi connectivity index (χ2n) is 6.48. The van der Waals surface area contributed by atoms with Gasteiger partial charge in [0.2, 0.25) is 0 Å². The lowest BCUT2D eigenvalue weighted by atomic mass is 9.92. The third-order valence-electron chi connectivity index (χ3n) is 5.05. The van der Waals surface area contributed by atoms with E-state index in [0.717, 1.165) is 32.5 Å². The van der Waals surface area contributed by atoms with E-state index in [9.17, 15) is 5.11 Å². The summed E-state index contributed by atoms with van der Waals surface area (Å²) in [5.41, 5.74) is 1.18. The fourth-order valence-corrected chi connectivity index (χ4v) is 3.70. The average Bonchev–Trinajstić information content (AvgIpc) is 3.11. The lowest BCUT2D eigenvalue weighted by molar-refractivity contribution is 0.0217. The molecule has 112 valence electrons. The number of aliphatic hydroxyl groups is 1. The monoisotopic (exact) mass is 277 g/mol. The SMILES string of the molecule is CCC1CN(Cc2ccn(C3CCCC3)n2)CCC1O. The molecule has 1 aromatic rings. The van der Waals surface area contributed by atoms with E-state index in [1.807, 2.05) is 0 Å². The summed E-state index contributed by atoms with van der Waals surface area (Å²) in [7, 11) is 0. The molecule has 2 atom stereocenters. The minimum absolute atomic E-state index is 0.104. The van der Waals surface area contributed by atoms with Crippen molar-refractivity contribution in [1.82, 2.24) is 14.7 Å². The molecule has 2 fully saturated rings. The Labute approximate surface area is 121 Å². The number of rotatable bonds is 4. The van der Waals surface area contributed by atoms with Crippen molar-refractivity contribution in [1.29, 1.82) is 0 Å². The summed E-state index contributed by atoms with van der Waals surface area (Å²) in [5.74, 6) is 0.431. The Bertz CT molecular complexity index is 425. The van der Waals surface area contributed by atoms with Gasteiger partial charge in [-0.3, -0.25) is 9.58 Å². The molecule has 0 bridgehead atoms. The van der Waals surface area contributed by atoms with E-state index < -0.39 is 0 Å². The molecular weight excluding hydrogens is 250 g/mol. The molecule has 20 heavy (non-hydrogen) atoms. The summed E-state index contributed by atoms with van der Waals surface area (Å²) in [6.45, 7) is 5.11. The van der Waals surface area contributed by atoms with E-state index >= 15 is 0 Å².